The Morgan fingerprint density at radius 2 is 2.11 bits per heavy atom. The van der Waals surface area contributed by atoms with Crippen LogP contribution < -0.4 is 10.1 Å². The molecule has 0 aliphatic carbocycles. The Morgan fingerprint density at radius 3 is 2.81 bits per heavy atom. The van der Waals surface area contributed by atoms with E-state index < -0.39 is 18.0 Å². The number of carbonyl (C=O) groups excluding carboxylic acids is 2. The molecule has 27 heavy (non-hydrogen) atoms. The molecule has 0 radical (unpaired) electrons. The number of nitrogens with one attached hydrogen (secondary N) is 1. The summed E-state index contributed by atoms with van der Waals surface area (Å²) in [6.07, 6.45) is -1.06. The van der Waals surface area contributed by atoms with Crippen LogP contribution in [0.5, 0.6) is 5.75 Å². The van der Waals surface area contributed by atoms with Gasteiger partial charge in [0.05, 0.1) is 12.7 Å². The second-order valence-corrected chi connectivity index (χ2v) is 6.65. The van der Waals surface area contributed by atoms with E-state index in [1.165, 1.54) is 18.3 Å². The Kier molecular flexibility index (Phi) is 5.14. The Morgan fingerprint density at radius 1 is 1.33 bits per heavy atom. The lowest BCUT2D eigenvalue weighted by Crippen LogP contribution is -2.30. The normalized spacial score (nSPS) is 11.6. The third-order valence-corrected chi connectivity index (χ3v) is 4.83. The molecule has 2 heterocycles. The Bertz CT molecular complexity index is 1060. The molecule has 0 aliphatic heterocycles. The number of nitrogens with zero attached hydrogens (tertiary/aromatic N) is 1. The minimum atomic E-state index is -1.06. The van der Waals surface area contributed by atoms with Crippen LogP contribution in [0, 0.1) is 18.3 Å². The maximum absolute atomic E-state index is 12.5. The molecule has 0 saturated carbocycles. The van der Waals surface area contributed by atoms with Crippen molar-refractivity contribution >= 4 is 39.2 Å². The number of aryl methyl sites for hydroxylation is 1. The highest BCUT2D eigenvalue weighted by molar-refractivity contribution is 7.14. The van der Waals surface area contributed by atoms with Crippen LogP contribution in [-0.2, 0) is 9.53 Å². The van der Waals surface area contributed by atoms with E-state index >= 15 is 0 Å². The van der Waals surface area contributed by atoms with Gasteiger partial charge in [-0.25, -0.2) is 4.79 Å². The van der Waals surface area contributed by atoms with Crippen LogP contribution in [0.2, 0.25) is 0 Å². The van der Waals surface area contributed by atoms with Gasteiger partial charge in [-0.15, -0.1) is 11.3 Å². The lowest BCUT2D eigenvalue weighted by Gasteiger charge is -2.12. The molecule has 0 aliphatic rings. The number of carbonyl (C=O) groups is 2. The van der Waals surface area contributed by atoms with Gasteiger partial charge >= 0.3 is 5.97 Å². The fraction of sp³-hybridized carbons (Fsp3) is 0.211. The van der Waals surface area contributed by atoms with Gasteiger partial charge in [0.15, 0.2) is 6.10 Å². The Balaban J connectivity index is 1.74. The first-order valence-electron chi connectivity index (χ1n) is 8.01. The lowest BCUT2D eigenvalue weighted by atomic mass is 10.1. The number of hydrogen-bond acceptors (Lipinski definition) is 7. The molecule has 1 amide bonds. The fourth-order valence-electron chi connectivity index (χ4n) is 2.50. The summed E-state index contributed by atoms with van der Waals surface area (Å²) in [5, 5.41) is 14.4. The van der Waals surface area contributed by atoms with Crippen LogP contribution in [0.25, 0.3) is 11.0 Å². The van der Waals surface area contributed by atoms with Crippen molar-refractivity contribution in [3.8, 4) is 11.8 Å². The first kappa shape index (κ1) is 18.5. The summed E-state index contributed by atoms with van der Waals surface area (Å²) < 4.78 is 16.0. The van der Waals surface area contributed by atoms with Crippen LogP contribution in [0.1, 0.15) is 28.6 Å². The van der Waals surface area contributed by atoms with Crippen LogP contribution >= 0.6 is 11.3 Å². The van der Waals surface area contributed by atoms with E-state index in [9.17, 15) is 9.59 Å². The van der Waals surface area contributed by atoms with Crippen molar-refractivity contribution in [2.24, 2.45) is 0 Å². The van der Waals surface area contributed by atoms with Gasteiger partial charge < -0.3 is 19.2 Å². The number of ether oxygens (including phenoxy) is 2. The maximum atomic E-state index is 12.5. The van der Waals surface area contributed by atoms with Crippen molar-refractivity contribution in [1.82, 2.24) is 0 Å². The summed E-state index contributed by atoms with van der Waals surface area (Å²) in [6, 6.07) is 8.78. The molecule has 138 valence electrons. The number of benzene rings is 1. The number of anilines is 1. The smallest absolute Gasteiger partial charge is 0.375 e. The summed E-state index contributed by atoms with van der Waals surface area (Å²) in [4.78, 5) is 24.7. The summed E-state index contributed by atoms with van der Waals surface area (Å²) in [5.41, 5.74) is 1.48. The number of fused-ring (bicyclic) bond motifs is 1. The summed E-state index contributed by atoms with van der Waals surface area (Å²) in [5.74, 6) is -0.593. The molecule has 0 saturated heterocycles. The summed E-state index contributed by atoms with van der Waals surface area (Å²) >= 11 is 1.22. The first-order chi connectivity index (χ1) is 12.9. The van der Waals surface area contributed by atoms with Crippen LogP contribution in [0.3, 0.4) is 0 Å². The topological polar surface area (TPSA) is 102 Å². The predicted molar refractivity (Wildman–Crippen MR) is 100 cm³/mol. The van der Waals surface area contributed by atoms with Crippen molar-refractivity contribution in [2.45, 2.75) is 20.0 Å². The van der Waals surface area contributed by atoms with Gasteiger partial charge in [-0.2, -0.15) is 5.26 Å². The van der Waals surface area contributed by atoms with E-state index in [2.05, 4.69) is 5.32 Å². The predicted octanol–water partition coefficient (Wildman–Crippen LogP) is 3.87. The van der Waals surface area contributed by atoms with Crippen molar-refractivity contribution in [3.05, 3.63) is 46.5 Å². The van der Waals surface area contributed by atoms with Crippen molar-refractivity contribution in [1.29, 1.82) is 5.26 Å². The number of methoxy groups -OCH3 is 1. The molecule has 8 heteroatoms. The minimum Gasteiger partial charge on any atom is -0.497 e. The Labute approximate surface area is 159 Å². The number of amides is 1. The molecule has 0 fully saturated rings. The van der Waals surface area contributed by atoms with E-state index in [4.69, 9.17) is 19.2 Å². The number of rotatable bonds is 5. The van der Waals surface area contributed by atoms with Gasteiger partial charge in [0.1, 0.15) is 22.4 Å². The van der Waals surface area contributed by atoms with Gasteiger partial charge in [0.25, 0.3) is 5.91 Å². The highest BCUT2D eigenvalue weighted by Crippen LogP contribution is 2.29. The zero-order chi connectivity index (χ0) is 19.6. The molecule has 3 aromatic rings. The van der Waals surface area contributed by atoms with Gasteiger partial charge in [-0.3, -0.25) is 4.79 Å². The molecular formula is C19H16N2O5S. The fourth-order valence-corrected chi connectivity index (χ4v) is 3.24. The first-order valence-corrected chi connectivity index (χ1v) is 8.89. The second kappa shape index (κ2) is 7.51. The number of nitriles is 1. The van der Waals surface area contributed by atoms with E-state index in [0.29, 0.717) is 27.5 Å². The molecular weight excluding hydrogens is 368 g/mol. The van der Waals surface area contributed by atoms with Gasteiger partial charge in [-0.1, -0.05) is 0 Å². The van der Waals surface area contributed by atoms with Crippen molar-refractivity contribution in [2.75, 3.05) is 12.4 Å². The molecule has 0 unspecified atom stereocenters. The van der Waals surface area contributed by atoms with Crippen LogP contribution in [0.15, 0.2) is 34.1 Å². The molecule has 0 bridgehead atoms. The third-order valence-electron chi connectivity index (χ3n) is 4.00. The summed E-state index contributed by atoms with van der Waals surface area (Å²) in [7, 11) is 1.55. The second-order valence-electron chi connectivity index (χ2n) is 5.73. The number of esters is 1. The molecule has 1 atom stereocenters. The zero-order valence-electron chi connectivity index (χ0n) is 14.9. The molecule has 0 spiro atoms. The van der Waals surface area contributed by atoms with Gasteiger partial charge in [0, 0.05) is 10.9 Å². The average molecular weight is 384 g/mol. The van der Waals surface area contributed by atoms with Gasteiger partial charge in [0.2, 0.25) is 5.76 Å². The quantitative estimate of drug-likeness (QED) is 0.670. The standard InChI is InChI=1S/C19H16N2O5S/c1-10-14-8-13(24-3)4-5-15(14)26-16(10)19(23)25-11(2)17(22)21-18-12(9-20)6-7-27-18/h4-8,11H,1-3H3,(H,21,22)/t11-/m0/s1. The average Bonchev–Trinajstić information content (AvgIpc) is 3.25. The lowest BCUT2D eigenvalue weighted by molar-refractivity contribution is -0.123. The van der Waals surface area contributed by atoms with E-state index in [0.717, 1.165) is 5.39 Å². The molecule has 3 rings (SSSR count). The highest BCUT2D eigenvalue weighted by Gasteiger charge is 2.25. The third kappa shape index (κ3) is 3.64. The maximum Gasteiger partial charge on any atom is 0.375 e. The van der Waals surface area contributed by atoms with Crippen molar-refractivity contribution in [3.63, 3.8) is 0 Å². The Hall–Kier alpha value is -3.31. The highest BCUT2D eigenvalue weighted by atomic mass is 32.1. The van der Waals surface area contributed by atoms with E-state index in [1.807, 2.05) is 6.07 Å². The van der Waals surface area contributed by atoms with E-state index in [1.54, 1.807) is 43.7 Å². The largest absolute Gasteiger partial charge is 0.497 e. The van der Waals surface area contributed by atoms with E-state index in [-0.39, 0.29) is 5.76 Å². The van der Waals surface area contributed by atoms with Crippen LogP contribution in [-0.4, -0.2) is 25.1 Å². The summed E-state index contributed by atoms with van der Waals surface area (Å²) in [6.45, 7) is 3.19. The van der Waals surface area contributed by atoms with Crippen molar-refractivity contribution < 1.29 is 23.5 Å². The number of thiophene rings is 1. The zero-order valence-corrected chi connectivity index (χ0v) is 15.7. The molecule has 1 N–H and O–H groups in total. The number of hydrogen-bond donors (Lipinski definition) is 1. The molecule has 1 aromatic carbocycles. The van der Waals surface area contributed by atoms with Crippen LogP contribution in [0.4, 0.5) is 5.00 Å². The monoisotopic (exact) mass is 384 g/mol. The SMILES string of the molecule is COc1ccc2oc(C(=O)O[C@@H](C)C(=O)Nc3sccc3C#N)c(C)c2c1. The molecule has 2 aromatic heterocycles. The minimum absolute atomic E-state index is 0.0340. The molecule has 7 nitrogen and oxygen atoms in total. The number of furan rings is 1. The van der Waals surface area contributed by atoms with Gasteiger partial charge in [-0.05, 0) is 43.5 Å².